The van der Waals surface area contributed by atoms with E-state index in [4.69, 9.17) is 4.74 Å². The molecule has 1 amide bonds. The highest BCUT2D eigenvalue weighted by atomic mass is 32.1. The molecule has 2 N–H and O–H groups in total. The van der Waals surface area contributed by atoms with E-state index in [0.717, 1.165) is 0 Å². The van der Waals surface area contributed by atoms with Crippen LogP contribution in [0.15, 0.2) is 11.6 Å². The Labute approximate surface area is 124 Å². The lowest BCUT2D eigenvalue weighted by atomic mass is 9.99. The number of amides is 1. The van der Waals surface area contributed by atoms with Crippen molar-refractivity contribution >= 4 is 17.4 Å². The molecule has 0 unspecified atom stereocenters. The van der Waals surface area contributed by atoms with E-state index in [1.54, 1.807) is 32.3 Å². The van der Waals surface area contributed by atoms with Crippen LogP contribution in [0, 0.1) is 5.92 Å². The van der Waals surface area contributed by atoms with Gasteiger partial charge in [0.1, 0.15) is 16.7 Å². The third-order valence-corrected chi connectivity index (χ3v) is 3.36. The highest BCUT2D eigenvalue weighted by molar-refractivity contribution is 7.09. The number of aromatic nitrogens is 1. The summed E-state index contributed by atoms with van der Waals surface area (Å²) in [4.78, 5) is 16.0. The van der Waals surface area contributed by atoms with Gasteiger partial charge in [-0.15, -0.1) is 11.3 Å². The normalized spacial score (nSPS) is 14.9. The van der Waals surface area contributed by atoms with Crippen LogP contribution < -0.4 is 5.32 Å². The van der Waals surface area contributed by atoms with E-state index in [-0.39, 0.29) is 0 Å². The lowest BCUT2D eigenvalue weighted by Crippen LogP contribution is -2.43. The van der Waals surface area contributed by atoms with Crippen molar-refractivity contribution < 1.29 is 14.6 Å². The molecule has 6 heteroatoms. The second kappa shape index (κ2) is 7.04. The van der Waals surface area contributed by atoms with Gasteiger partial charge in [-0.05, 0) is 33.1 Å². The molecule has 2 atom stereocenters. The van der Waals surface area contributed by atoms with Crippen LogP contribution >= 0.6 is 11.3 Å². The fourth-order valence-electron chi connectivity index (χ4n) is 1.79. The van der Waals surface area contributed by atoms with Gasteiger partial charge in [0.2, 0.25) is 0 Å². The van der Waals surface area contributed by atoms with Crippen molar-refractivity contribution in [3.8, 4) is 0 Å². The standard InChI is InChI=1S/C14H24N2O3S/c1-9(2)8-10(11(17)12-15-6-7-20-12)16-13(18)19-14(3,4)5/h6-7,9-11,17H,8H2,1-5H3,(H,16,18)/t10-,11-/m0/s1. The summed E-state index contributed by atoms with van der Waals surface area (Å²) in [5.74, 6) is 0.338. The zero-order chi connectivity index (χ0) is 15.3. The average Bonchev–Trinajstić information content (AvgIpc) is 2.76. The lowest BCUT2D eigenvalue weighted by Gasteiger charge is -2.27. The third kappa shape index (κ3) is 5.88. The van der Waals surface area contributed by atoms with Crippen LogP contribution in [0.4, 0.5) is 4.79 Å². The molecule has 0 aliphatic rings. The molecule has 5 nitrogen and oxygen atoms in total. The van der Waals surface area contributed by atoms with Crippen molar-refractivity contribution in [1.82, 2.24) is 10.3 Å². The van der Waals surface area contributed by atoms with Crippen molar-refractivity contribution in [2.75, 3.05) is 0 Å². The van der Waals surface area contributed by atoms with Crippen molar-refractivity contribution in [3.63, 3.8) is 0 Å². The fourth-order valence-corrected chi connectivity index (χ4v) is 2.47. The first-order chi connectivity index (χ1) is 9.19. The van der Waals surface area contributed by atoms with Gasteiger partial charge >= 0.3 is 6.09 Å². The Kier molecular flexibility index (Phi) is 5.95. The van der Waals surface area contributed by atoms with Crippen molar-refractivity contribution in [1.29, 1.82) is 0 Å². The number of carbonyl (C=O) groups excluding carboxylic acids is 1. The summed E-state index contributed by atoms with van der Waals surface area (Å²) in [6, 6.07) is -0.406. The van der Waals surface area contributed by atoms with E-state index in [2.05, 4.69) is 10.3 Å². The Bertz CT molecular complexity index is 413. The largest absolute Gasteiger partial charge is 0.444 e. The van der Waals surface area contributed by atoms with E-state index in [9.17, 15) is 9.90 Å². The number of rotatable bonds is 5. The fraction of sp³-hybridized carbons (Fsp3) is 0.714. The number of hydrogen-bond acceptors (Lipinski definition) is 5. The molecule has 0 spiro atoms. The van der Waals surface area contributed by atoms with Gasteiger partial charge in [-0.25, -0.2) is 9.78 Å². The molecule has 1 aromatic heterocycles. The van der Waals surface area contributed by atoms with Gasteiger partial charge in [0.05, 0.1) is 6.04 Å². The molecule has 0 saturated heterocycles. The van der Waals surface area contributed by atoms with Crippen molar-refractivity contribution in [3.05, 3.63) is 16.6 Å². The number of thiazole rings is 1. The van der Waals surface area contributed by atoms with Crippen LogP contribution in [0.25, 0.3) is 0 Å². The van der Waals surface area contributed by atoms with Gasteiger partial charge in [-0.1, -0.05) is 13.8 Å². The number of alkyl carbamates (subject to hydrolysis) is 1. The summed E-state index contributed by atoms with van der Waals surface area (Å²) in [7, 11) is 0. The monoisotopic (exact) mass is 300 g/mol. The van der Waals surface area contributed by atoms with E-state index in [1.807, 2.05) is 13.8 Å². The van der Waals surface area contributed by atoms with Crippen LogP contribution in [-0.4, -0.2) is 27.8 Å². The number of carbonyl (C=O) groups is 1. The molecule has 0 aromatic carbocycles. The maximum Gasteiger partial charge on any atom is 0.407 e. The van der Waals surface area contributed by atoms with E-state index < -0.39 is 23.8 Å². The van der Waals surface area contributed by atoms with Crippen LogP contribution in [0.2, 0.25) is 0 Å². The minimum atomic E-state index is -0.815. The summed E-state index contributed by atoms with van der Waals surface area (Å²) >= 11 is 1.37. The van der Waals surface area contributed by atoms with Gasteiger partial charge in [-0.3, -0.25) is 0 Å². The molecule has 1 heterocycles. The summed E-state index contributed by atoms with van der Waals surface area (Å²) < 4.78 is 5.24. The molecule has 0 radical (unpaired) electrons. The summed E-state index contributed by atoms with van der Waals surface area (Å²) in [5.41, 5.74) is -0.557. The minimum Gasteiger partial charge on any atom is -0.444 e. The molecule has 0 aliphatic carbocycles. The van der Waals surface area contributed by atoms with Crippen LogP contribution in [-0.2, 0) is 4.74 Å². The van der Waals surface area contributed by atoms with Gasteiger partial charge in [0.15, 0.2) is 0 Å². The molecule has 1 aromatic rings. The highest BCUT2D eigenvalue weighted by Crippen LogP contribution is 2.23. The molecular weight excluding hydrogens is 276 g/mol. The van der Waals surface area contributed by atoms with Gasteiger partial charge < -0.3 is 15.2 Å². The zero-order valence-electron chi connectivity index (χ0n) is 12.7. The SMILES string of the molecule is CC(C)C[C@H](NC(=O)OC(C)(C)C)[C@H](O)c1nccs1. The summed E-state index contributed by atoms with van der Waals surface area (Å²) in [6.45, 7) is 9.50. The first-order valence-electron chi connectivity index (χ1n) is 6.76. The van der Waals surface area contributed by atoms with E-state index >= 15 is 0 Å². The van der Waals surface area contributed by atoms with Crippen LogP contribution in [0.3, 0.4) is 0 Å². The number of nitrogens with one attached hydrogen (secondary N) is 1. The number of ether oxygens (including phenoxy) is 1. The molecule has 114 valence electrons. The molecule has 0 fully saturated rings. The molecule has 1 rings (SSSR count). The topological polar surface area (TPSA) is 71.5 Å². The number of aliphatic hydroxyl groups excluding tert-OH is 1. The van der Waals surface area contributed by atoms with E-state index in [1.165, 1.54) is 11.3 Å². The predicted molar refractivity (Wildman–Crippen MR) is 79.7 cm³/mol. The highest BCUT2D eigenvalue weighted by Gasteiger charge is 2.27. The predicted octanol–water partition coefficient (Wildman–Crippen LogP) is 3.12. The second-order valence-corrected chi connectivity index (χ2v) is 7.12. The van der Waals surface area contributed by atoms with Gasteiger partial charge in [0, 0.05) is 11.6 Å². The first kappa shape index (κ1) is 16.9. The van der Waals surface area contributed by atoms with Crippen LogP contribution in [0.1, 0.15) is 52.2 Å². The van der Waals surface area contributed by atoms with Crippen molar-refractivity contribution in [2.24, 2.45) is 5.92 Å². The zero-order valence-corrected chi connectivity index (χ0v) is 13.5. The Balaban J connectivity index is 2.72. The van der Waals surface area contributed by atoms with Crippen LogP contribution in [0.5, 0.6) is 0 Å². The molecule has 0 bridgehead atoms. The van der Waals surface area contributed by atoms with E-state index in [0.29, 0.717) is 17.3 Å². The molecule has 20 heavy (non-hydrogen) atoms. The third-order valence-electron chi connectivity index (χ3n) is 2.51. The van der Waals surface area contributed by atoms with Gasteiger partial charge in [0.25, 0.3) is 0 Å². The quantitative estimate of drug-likeness (QED) is 0.876. The second-order valence-electron chi connectivity index (χ2n) is 6.20. The Morgan fingerprint density at radius 1 is 1.50 bits per heavy atom. The maximum atomic E-state index is 11.9. The summed E-state index contributed by atoms with van der Waals surface area (Å²) in [5, 5.41) is 15.5. The number of hydrogen-bond donors (Lipinski definition) is 2. The molecule has 0 aliphatic heterocycles. The lowest BCUT2D eigenvalue weighted by molar-refractivity contribution is 0.0402. The smallest absolute Gasteiger partial charge is 0.407 e. The minimum absolute atomic E-state index is 0.338. The summed E-state index contributed by atoms with van der Waals surface area (Å²) in [6.07, 6.45) is 0.965. The maximum absolute atomic E-state index is 11.9. The van der Waals surface area contributed by atoms with Crippen molar-refractivity contribution in [2.45, 2.75) is 58.8 Å². The molecule has 0 saturated carbocycles. The Morgan fingerprint density at radius 3 is 2.60 bits per heavy atom. The Hall–Kier alpha value is -1.14. The van der Waals surface area contributed by atoms with Gasteiger partial charge in [-0.2, -0.15) is 0 Å². The Morgan fingerprint density at radius 2 is 2.15 bits per heavy atom. The molecular formula is C14H24N2O3S. The average molecular weight is 300 g/mol. The number of aliphatic hydroxyl groups is 1. The first-order valence-corrected chi connectivity index (χ1v) is 7.64. The number of nitrogens with zero attached hydrogens (tertiary/aromatic N) is 1.